The van der Waals surface area contributed by atoms with Crippen molar-refractivity contribution in [2.24, 2.45) is 0 Å². The van der Waals surface area contributed by atoms with Gasteiger partial charge in [0.05, 0.1) is 11.7 Å². The lowest BCUT2D eigenvalue weighted by molar-refractivity contribution is -0.121. The van der Waals surface area contributed by atoms with Crippen molar-refractivity contribution in [1.29, 1.82) is 0 Å². The van der Waals surface area contributed by atoms with Gasteiger partial charge in [-0.25, -0.2) is 9.67 Å². The van der Waals surface area contributed by atoms with Gasteiger partial charge in [-0.15, -0.1) is 0 Å². The minimum atomic E-state index is -0.265. The summed E-state index contributed by atoms with van der Waals surface area (Å²) in [6.07, 6.45) is 2.58. The first-order chi connectivity index (χ1) is 13.3. The summed E-state index contributed by atoms with van der Waals surface area (Å²) in [7, 11) is 0. The van der Waals surface area contributed by atoms with Crippen molar-refractivity contribution in [3.05, 3.63) is 58.3 Å². The van der Waals surface area contributed by atoms with Gasteiger partial charge < -0.3 is 5.32 Å². The monoisotopic (exact) mass is 381 g/mol. The second kappa shape index (κ2) is 7.96. The Hall–Kier alpha value is -2.96. The lowest BCUT2D eigenvalue weighted by Crippen LogP contribution is -2.30. The van der Waals surface area contributed by atoms with Crippen LogP contribution < -0.4 is 10.9 Å². The fourth-order valence-corrected chi connectivity index (χ4v) is 3.15. The number of benzene rings is 1. The molecule has 1 amide bonds. The lowest BCUT2D eigenvalue weighted by atomic mass is 10.1. The SMILES string of the molecule is Cc1nc2c(cnn2C(C)(C)C)c(=O)n1CCC(=O)NCCc1ccccc1. The Balaban J connectivity index is 1.66. The van der Waals surface area contributed by atoms with Crippen molar-refractivity contribution in [1.82, 2.24) is 24.6 Å². The van der Waals surface area contributed by atoms with E-state index in [0.717, 1.165) is 6.42 Å². The maximum Gasteiger partial charge on any atom is 0.264 e. The van der Waals surface area contributed by atoms with Crippen molar-refractivity contribution in [3.8, 4) is 0 Å². The molecule has 2 heterocycles. The van der Waals surface area contributed by atoms with Crippen molar-refractivity contribution in [2.45, 2.75) is 52.6 Å². The summed E-state index contributed by atoms with van der Waals surface area (Å²) in [6.45, 7) is 8.71. The Labute approximate surface area is 164 Å². The molecule has 0 aliphatic rings. The zero-order valence-corrected chi connectivity index (χ0v) is 16.9. The molecular formula is C21H27N5O2. The van der Waals surface area contributed by atoms with Gasteiger partial charge in [0.15, 0.2) is 5.65 Å². The lowest BCUT2D eigenvalue weighted by Gasteiger charge is -2.20. The van der Waals surface area contributed by atoms with Crippen LogP contribution in [-0.4, -0.2) is 31.8 Å². The summed E-state index contributed by atoms with van der Waals surface area (Å²) < 4.78 is 3.31. The first kappa shape index (κ1) is 19.8. The Bertz CT molecular complexity index is 1030. The predicted octanol–water partition coefficient (Wildman–Crippen LogP) is 2.41. The van der Waals surface area contributed by atoms with Gasteiger partial charge in [0.2, 0.25) is 5.91 Å². The van der Waals surface area contributed by atoms with Crippen LogP contribution in [0.3, 0.4) is 0 Å². The van der Waals surface area contributed by atoms with Gasteiger partial charge in [-0.3, -0.25) is 14.2 Å². The number of fused-ring (bicyclic) bond motifs is 1. The van der Waals surface area contributed by atoms with E-state index in [4.69, 9.17) is 0 Å². The highest BCUT2D eigenvalue weighted by Crippen LogP contribution is 2.18. The number of hydrogen-bond acceptors (Lipinski definition) is 4. The van der Waals surface area contributed by atoms with Crippen LogP contribution in [0.25, 0.3) is 11.0 Å². The fourth-order valence-electron chi connectivity index (χ4n) is 3.15. The van der Waals surface area contributed by atoms with E-state index >= 15 is 0 Å². The summed E-state index contributed by atoms with van der Waals surface area (Å²) >= 11 is 0. The van der Waals surface area contributed by atoms with E-state index in [0.29, 0.717) is 29.9 Å². The van der Waals surface area contributed by atoms with E-state index in [9.17, 15) is 9.59 Å². The molecule has 0 saturated heterocycles. The Kier molecular flexibility index (Phi) is 5.63. The first-order valence-electron chi connectivity index (χ1n) is 9.53. The van der Waals surface area contributed by atoms with E-state index in [1.165, 1.54) is 5.56 Å². The molecule has 0 fully saturated rings. The van der Waals surface area contributed by atoms with Crippen LogP contribution in [0.4, 0.5) is 0 Å². The van der Waals surface area contributed by atoms with Crippen LogP contribution in [0, 0.1) is 6.92 Å². The zero-order chi connectivity index (χ0) is 20.3. The largest absolute Gasteiger partial charge is 0.356 e. The van der Waals surface area contributed by atoms with Crippen LogP contribution in [0.15, 0.2) is 41.3 Å². The van der Waals surface area contributed by atoms with Crippen molar-refractivity contribution in [3.63, 3.8) is 0 Å². The van der Waals surface area contributed by atoms with E-state index in [2.05, 4.69) is 15.4 Å². The van der Waals surface area contributed by atoms with Gasteiger partial charge in [0.1, 0.15) is 11.2 Å². The second-order valence-corrected chi connectivity index (χ2v) is 7.92. The third-order valence-electron chi connectivity index (χ3n) is 4.65. The summed E-state index contributed by atoms with van der Waals surface area (Å²) in [5, 5.41) is 7.72. The molecule has 0 aliphatic carbocycles. The van der Waals surface area contributed by atoms with Gasteiger partial charge in [0, 0.05) is 19.5 Å². The highest BCUT2D eigenvalue weighted by molar-refractivity contribution is 5.76. The van der Waals surface area contributed by atoms with Crippen LogP contribution >= 0.6 is 0 Å². The van der Waals surface area contributed by atoms with Crippen LogP contribution in [0.1, 0.15) is 38.6 Å². The molecule has 7 nitrogen and oxygen atoms in total. The molecule has 28 heavy (non-hydrogen) atoms. The third-order valence-corrected chi connectivity index (χ3v) is 4.65. The van der Waals surface area contributed by atoms with Gasteiger partial charge in [-0.1, -0.05) is 30.3 Å². The quantitative estimate of drug-likeness (QED) is 0.711. The van der Waals surface area contributed by atoms with Gasteiger partial charge in [-0.05, 0) is 39.7 Å². The van der Waals surface area contributed by atoms with Gasteiger partial charge >= 0.3 is 0 Å². The Morgan fingerprint density at radius 2 is 1.89 bits per heavy atom. The summed E-state index contributed by atoms with van der Waals surface area (Å²) in [6, 6.07) is 10.0. The molecule has 148 valence electrons. The molecule has 0 aliphatic heterocycles. The fraction of sp³-hybridized carbons (Fsp3) is 0.429. The topological polar surface area (TPSA) is 81.8 Å². The summed E-state index contributed by atoms with van der Waals surface area (Å²) in [4.78, 5) is 29.6. The number of nitrogens with one attached hydrogen (secondary N) is 1. The number of aromatic nitrogens is 4. The smallest absolute Gasteiger partial charge is 0.264 e. The molecule has 2 aromatic heterocycles. The minimum Gasteiger partial charge on any atom is -0.356 e. The highest BCUT2D eigenvalue weighted by Gasteiger charge is 2.21. The molecule has 0 unspecified atom stereocenters. The number of hydrogen-bond donors (Lipinski definition) is 1. The number of carbonyl (C=O) groups is 1. The first-order valence-corrected chi connectivity index (χ1v) is 9.53. The molecule has 3 rings (SSSR count). The molecule has 0 spiro atoms. The molecule has 0 bridgehead atoms. The third kappa shape index (κ3) is 4.30. The molecule has 3 aromatic rings. The standard InChI is InChI=1S/C21H27N5O2/c1-15-24-19-17(14-23-26(19)21(2,3)4)20(28)25(15)13-11-18(27)22-12-10-16-8-6-5-7-9-16/h5-9,14H,10-13H2,1-4H3,(H,22,27). The number of amides is 1. The van der Waals surface area contributed by atoms with Crippen molar-refractivity contribution in [2.75, 3.05) is 6.54 Å². The number of nitrogens with zero attached hydrogens (tertiary/aromatic N) is 4. The highest BCUT2D eigenvalue weighted by atomic mass is 16.1. The number of carbonyl (C=O) groups excluding carboxylic acids is 1. The van der Waals surface area contributed by atoms with Crippen LogP contribution in [0.5, 0.6) is 0 Å². The molecule has 7 heteroatoms. The predicted molar refractivity (Wildman–Crippen MR) is 109 cm³/mol. The van der Waals surface area contributed by atoms with Gasteiger partial charge in [-0.2, -0.15) is 5.10 Å². The van der Waals surface area contributed by atoms with Crippen LogP contribution in [0.2, 0.25) is 0 Å². The number of rotatable bonds is 6. The number of aryl methyl sites for hydroxylation is 1. The van der Waals surface area contributed by atoms with E-state index in [1.54, 1.807) is 22.4 Å². The molecule has 0 radical (unpaired) electrons. The molecule has 1 aromatic carbocycles. The van der Waals surface area contributed by atoms with Crippen LogP contribution in [-0.2, 0) is 23.3 Å². The minimum absolute atomic E-state index is 0.0762. The normalized spacial score (nSPS) is 11.7. The molecule has 0 saturated carbocycles. The zero-order valence-electron chi connectivity index (χ0n) is 16.9. The van der Waals surface area contributed by atoms with E-state index in [1.807, 2.05) is 51.1 Å². The Morgan fingerprint density at radius 1 is 1.18 bits per heavy atom. The average Bonchev–Trinajstić information content (AvgIpc) is 3.06. The molecular weight excluding hydrogens is 354 g/mol. The maximum atomic E-state index is 12.8. The maximum absolute atomic E-state index is 12.8. The molecule has 1 N–H and O–H groups in total. The Morgan fingerprint density at radius 3 is 2.57 bits per heavy atom. The van der Waals surface area contributed by atoms with E-state index < -0.39 is 0 Å². The van der Waals surface area contributed by atoms with E-state index in [-0.39, 0.29) is 23.4 Å². The van der Waals surface area contributed by atoms with Crippen molar-refractivity contribution < 1.29 is 4.79 Å². The average molecular weight is 381 g/mol. The summed E-state index contributed by atoms with van der Waals surface area (Å²) in [5.74, 6) is 0.508. The van der Waals surface area contributed by atoms with Gasteiger partial charge in [0.25, 0.3) is 5.56 Å². The molecule has 0 atom stereocenters. The summed E-state index contributed by atoms with van der Waals surface area (Å²) in [5.41, 5.74) is 1.34. The van der Waals surface area contributed by atoms with Crippen molar-refractivity contribution >= 4 is 16.9 Å². The second-order valence-electron chi connectivity index (χ2n) is 7.92.